The van der Waals surface area contributed by atoms with Crippen LogP contribution in [0.15, 0.2) is 29.2 Å². The van der Waals surface area contributed by atoms with Crippen LogP contribution in [0.5, 0.6) is 5.75 Å². The lowest BCUT2D eigenvalue weighted by atomic mass is 10.1. The van der Waals surface area contributed by atoms with Crippen LogP contribution in [-0.2, 0) is 6.42 Å². The minimum atomic E-state index is -0.0381. The van der Waals surface area contributed by atoms with Gasteiger partial charge in [0.05, 0.1) is 5.69 Å². The summed E-state index contributed by atoms with van der Waals surface area (Å²) in [6, 6.07) is 5.01. The molecule has 0 aliphatic heterocycles. The van der Waals surface area contributed by atoms with Gasteiger partial charge in [0.15, 0.2) is 5.78 Å². The lowest BCUT2D eigenvalue weighted by molar-refractivity contribution is 0.104. The van der Waals surface area contributed by atoms with E-state index < -0.39 is 0 Å². The topological polar surface area (TPSA) is 63.1 Å². The van der Waals surface area contributed by atoms with Gasteiger partial charge in [0.2, 0.25) is 0 Å². The van der Waals surface area contributed by atoms with Crippen LogP contribution in [0.3, 0.4) is 0 Å². The van der Waals surface area contributed by atoms with Crippen LogP contribution < -0.4 is 0 Å². The van der Waals surface area contributed by atoms with Crippen molar-refractivity contribution in [2.24, 2.45) is 0 Å². The second-order valence-electron chi connectivity index (χ2n) is 3.81. The van der Waals surface area contributed by atoms with Gasteiger partial charge < -0.3 is 5.11 Å². The van der Waals surface area contributed by atoms with E-state index in [1.165, 1.54) is 11.5 Å². The third kappa shape index (κ3) is 1.64. The van der Waals surface area contributed by atoms with E-state index in [1.807, 2.05) is 0 Å². The highest BCUT2D eigenvalue weighted by molar-refractivity contribution is 7.03. The number of nitrogens with zero attached hydrogens (tertiary/aromatic N) is 2. The second kappa shape index (κ2) is 3.78. The molecule has 0 saturated heterocycles. The molecule has 1 heterocycles. The molecule has 0 saturated carbocycles. The third-order valence-electron chi connectivity index (χ3n) is 2.75. The highest BCUT2D eigenvalue weighted by Crippen LogP contribution is 2.33. The highest BCUT2D eigenvalue weighted by Gasteiger charge is 2.26. The van der Waals surface area contributed by atoms with Crippen molar-refractivity contribution in [1.29, 1.82) is 0 Å². The van der Waals surface area contributed by atoms with Gasteiger partial charge >= 0.3 is 0 Å². The molecular weight excluding hydrogens is 236 g/mol. The summed E-state index contributed by atoms with van der Waals surface area (Å²) in [4.78, 5) is 12.1. The SMILES string of the molecule is O=C1/C(=C\c2csnn2)Cc2c(O)cccc21. The molecule has 4 nitrogen and oxygen atoms in total. The Balaban J connectivity index is 2.05. The molecule has 1 aromatic carbocycles. The Morgan fingerprint density at radius 1 is 1.41 bits per heavy atom. The third-order valence-corrected chi connectivity index (χ3v) is 3.28. The summed E-state index contributed by atoms with van der Waals surface area (Å²) in [5, 5.41) is 15.3. The number of allylic oxidation sites excluding steroid dienone is 1. The van der Waals surface area contributed by atoms with Crippen LogP contribution in [0.2, 0.25) is 0 Å². The van der Waals surface area contributed by atoms with E-state index >= 15 is 0 Å². The van der Waals surface area contributed by atoms with Crippen LogP contribution in [-0.4, -0.2) is 20.5 Å². The number of fused-ring (bicyclic) bond motifs is 1. The molecular formula is C12H8N2O2S. The van der Waals surface area contributed by atoms with Gasteiger partial charge in [0.1, 0.15) is 5.75 Å². The van der Waals surface area contributed by atoms with Crippen LogP contribution in [0, 0.1) is 0 Å². The van der Waals surface area contributed by atoms with Crippen molar-refractivity contribution in [3.05, 3.63) is 46.0 Å². The first-order valence-corrected chi connectivity index (χ1v) is 5.92. The van der Waals surface area contributed by atoms with E-state index in [-0.39, 0.29) is 11.5 Å². The van der Waals surface area contributed by atoms with Gasteiger partial charge in [0.25, 0.3) is 0 Å². The summed E-state index contributed by atoms with van der Waals surface area (Å²) in [5.74, 6) is 0.138. The number of phenols is 1. The van der Waals surface area contributed by atoms with E-state index in [2.05, 4.69) is 9.59 Å². The van der Waals surface area contributed by atoms with Crippen LogP contribution in [0.25, 0.3) is 6.08 Å². The summed E-state index contributed by atoms with van der Waals surface area (Å²) in [6.45, 7) is 0. The predicted octanol–water partition coefficient (Wildman–Crippen LogP) is 2.07. The van der Waals surface area contributed by atoms with Crippen LogP contribution >= 0.6 is 11.5 Å². The number of phenolic OH excluding ortho intramolecular Hbond substituents is 1. The number of hydrogen-bond donors (Lipinski definition) is 1. The first-order chi connectivity index (χ1) is 8.25. The number of carbonyl (C=O) groups is 1. The largest absolute Gasteiger partial charge is 0.508 e. The summed E-state index contributed by atoms with van der Waals surface area (Å²) in [7, 11) is 0. The van der Waals surface area contributed by atoms with Crippen molar-refractivity contribution < 1.29 is 9.90 Å². The molecule has 17 heavy (non-hydrogen) atoms. The summed E-state index contributed by atoms with van der Waals surface area (Å²) < 4.78 is 3.74. The maximum absolute atomic E-state index is 12.1. The van der Waals surface area contributed by atoms with Crippen molar-refractivity contribution in [2.75, 3.05) is 0 Å². The van der Waals surface area contributed by atoms with Crippen LogP contribution in [0.4, 0.5) is 0 Å². The van der Waals surface area contributed by atoms with Gasteiger partial charge in [-0.3, -0.25) is 4.79 Å². The fraction of sp³-hybridized carbons (Fsp3) is 0.0833. The number of carbonyl (C=O) groups excluding carboxylic acids is 1. The number of benzene rings is 1. The summed E-state index contributed by atoms with van der Waals surface area (Å²) in [6.07, 6.45) is 2.18. The van der Waals surface area contributed by atoms with E-state index in [1.54, 1.807) is 29.7 Å². The Hall–Kier alpha value is -2.01. The molecule has 84 valence electrons. The molecule has 0 spiro atoms. The number of aromatic hydroxyl groups is 1. The average Bonchev–Trinajstić information content (AvgIpc) is 2.92. The van der Waals surface area contributed by atoms with Gasteiger partial charge in [-0.25, -0.2) is 0 Å². The standard InChI is InChI=1S/C12H8N2O2S/c15-11-3-1-2-9-10(11)5-7(12(9)16)4-8-6-17-14-13-8/h1-4,6,15H,5H2/b7-4-. The Morgan fingerprint density at radius 2 is 2.29 bits per heavy atom. The van der Waals surface area contributed by atoms with Crippen molar-refractivity contribution in [2.45, 2.75) is 6.42 Å². The molecule has 2 aromatic rings. The first-order valence-electron chi connectivity index (χ1n) is 5.09. The molecule has 1 aromatic heterocycles. The first kappa shape index (κ1) is 10.2. The minimum Gasteiger partial charge on any atom is -0.508 e. The van der Waals surface area contributed by atoms with Crippen molar-refractivity contribution in [3.63, 3.8) is 0 Å². The number of ketones is 1. The lowest BCUT2D eigenvalue weighted by Gasteiger charge is -1.97. The normalized spacial score (nSPS) is 16.5. The van der Waals surface area contributed by atoms with Crippen molar-refractivity contribution in [1.82, 2.24) is 9.59 Å². The zero-order valence-electron chi connectivity index (χ0n) is 8.75. The van der Waals surface area contributed by atoms with E-state index in [9.17, 15) is 9.90 Å². The van der Waals surface area contributed by atoms with Gasteiger partial charge in [-0.1, -0.05) is 16.6 Å². The molecule has 1 aliphatic rings. The minimum absolute atomic E-state index is 0.0381. The van der Waals surface area contributed by atoms with E-state index in [4.69, 9.17) is 0 Å². The molecule has 0 bridgehead atoms. The Kier molecular flexibility index (Phi) is 2.26. The molecule has 0 atom stereocenters. The zero-order valence-corrected chi connectivity index (χ0v) is 9.57. The summed E-state index contributed by atoms with van der Waals surface area (Å²) >= 11 is 1.24. The number of Topliss-reactive ketones (excluding diaryl/α,β-unsaturated/α-hetero) is 1. The van der Waals surface area contributed by atoms with E-state index in [0.717, 1.165) is 0 Å². The fourth-order valence-electron chi connectivity index (χ4n) is 1.95. The van der Waals surface area contributed by atoms with Crippen molar-refractivity contribution in [3.8, 4) is 5.75 Å². The Morgan fingerprint density at radius 3 is 3.00 bits per heavy atom. The average molecular weight is 244 g/mol. The van der Waals surface area contributed by atoms with E-state index in [0.29, 0.717) is 28.8 Å². The molecule has 0 unspecified atom stereocenters. The molecule has 0 radical (unpaired) electrons. The number of aromatic nitrogens is 2. The summed E-state index contributed by atoms with van der Waals surface area (Å²) in [5.41, 5.74) is 2.62. The molecule has 3 rings (SSSR count). The monoisotopic (exact) mass is 244 g/mol. The lowest BCUT2D eigenvalue weighted by Crippen LogP contribution is -1.95. The zero-order chi connectivity index (χ0) is 11.8. The second-order valence-corrected chi connectivity index (χ2v) is 4.42. The number of rotatable bonds is 1. The smallest absolute Gasteiger partial charge is 0.189 e. The molecule has 1 N–H and O–H groups in total. The quantitative estimate of drug-likeness (QED) is 0.780. The molecule has 5 heteroatoms. The fourth-order valence-corrected chi connectivity index (χ4v) is 2.36. The van der Waals surface area contributed by atoms with Gasteiger partial charge in [-0.05, 0) is 23.7 Å². The van der Waals surface area contributed by atoms with Gasteiger partial charge in [0, 0.05) is 28.5 Å². The number of hydrogen-bond acceptors (Lipinski definition) is 5. The maximum Gasteiger partial charge on any atom is 0.189 e. The molecule has 1 aliphatic carbocycles. The maximum atomic E-state index is 12.1. The predicted molar refractivity (Wildman–Crippen MR) is 64.0 cm³/mol. The highest BCUT2D eigenvalue weighted by atomic mass is 32.1. The van der Waals surface area contributed by atoms with Crippen LogP contribution in [0.1, 0.15) is 21.6 Å². The molecule has 0 fully saturated rings. The van der Waals surface area contributed by atoms with Gasteiger partial charge in [-0.2, -0.15) is 0 Å². The molecule has 0 amide bonds. The van der Waals surface area contributed by atoms with Crippen molar-refractivity contribution >= 4 is 23.4 Å². The van der Waals surface area contributed by atoms with Gasteiger partial charge in [-0.15, -0.1) is 5.10 Å². The Bertz CT molecular complexity index is 617. The Labute approximate surface area is 101 Å².